The molecule has 21 heavy (non-hydrogen) atoms. The molecule has 0 bridgehead atoms. The first-order chi connectivity index (χ1) is 10.0. The fourth-order valence-electron chi connectivity index (χ4n) is 2.46. The fourth-order valence-corrected chi connectivity index (χ4v) is 2.59. The highest BCUT2D eigenvalue weighted by atomic mass is 32.1. The first-order valence-corrected chi connectivity index (χ1v) is 7.33. The molecule has 5 nitrogen and oxygen atoms in total. The Hall–Kier alpha value is -1.95. The molecule has 0 saturated carbocycles. The van der Waals surface area contributed by atoms with Crippen molar-refractivity contribution in [3.05, 3.63) is 35.4 Å². The van der Waals surface area contributed by atoms with Crippen molar-refractivity contribution in [3.8, 4) is 0 Å². The van der Waals surface area contributed by atoms with Crippen molar-refractivity contribution < 1.29 is 14.3 Å². The van der Waals surface area contributed by atoms with Gasteiger partial charge in [0.25, 0.3) is 5.91 Å². The third-order valence-electron chi connectivity index (χ3n) is 3.47. The second kappa shape index (κ2) is 6.67. The van der Waals surface area contributed by atoms with Crippen molar-refractivity contribution in [1.29, 1.82) is 0 Å². The van der Waals surface area contributed by atoms with Crippen LogP contribution in [-0.4, -0.2) is 41.0 Å². The van der Waals surface area contributed by atoms with E-state index in [9.17, 15) is 9.59 Å². The number of ether oxygens (including phenoxy) is 1. The van der Waals surface area contributed by atoms with Crippen LogP contribution in [0.15, 0.2) is 24.3 Å². The molecular weight excluding hydrogens is 288 g/mol. The van der Waals surface area contributed by atoms with Gasteiger partial charge in [0.15, 0.2) is 0 Å². The van der Waals surface area contributed by atoms with E-state index in [1.54, 1.807) is 36.1 Å². The average Bonchev–Trinajstić information content (AvgIpc) is 2.96. The maximum atomic E-state index is 12.6. The number of nitrogens with zero attached hydrogens (tertiary/aromatic N) is 1. The number of carbonyl (C=O) groups is 2. The number of esters is 1. The Morgan fingerprint density at radius 3 is 2.81 bits per heavy atom. The molecule has 1 aromatic rings. The Labute approximate surface area is 129 Å². The van der Waals surface area contributed by atoms with E-state index in [1.807, 2.05) is 0 Å². The molecule has 2 rings (SSSR count). The second-order valence-electron chi connectivity index (χ2n) is 4.85. The van der Waals surface area contributed by atoms with Gasteiger partial charge < -0.3 is 15.4 Å². The maximum absolute atomic E-state index is 12.6. The summed E-state index contributed by atoms with van der Waals surface area (Å²) in [6.45, 7) is 2.62. The first kappa shape index (κ1) is 15.4. The normalized spacial score (nSPS) is 17.6. The number of carbonyl (C=O) groups excluding carboxylic acids is 2. The predicted molar refractivity (Wildman–Crippen MR) is 83.0 cm³/mol. The summed E-state index contributed by atoms with van der Waals surface area (Å²) in [5.74, 6) is -0.530. The van der Waals surface area contributed by atoms with Gasteiger partial charge in [0.2, 0.25) is 0 Å². The summed E-state index contributed by atoms with van der Waals surface area (Å²) in [5, 5.41) is 0. The largest absolute Gasteiger partial charge is 0.464 e. The molecule has 1 saturated heterocycles. The summed E-state index contributed by atoms with van der Waals surface area (Å²) in [6, 6.07) is 6.35. The minimum absolute atomic E-state index is 0.191. The van der Waals surface area contributed by atoms with Gasteiger partial charge in [-0.3, -0.25) is 4.79 Å². The van der Waals surface area contributed by atoms with Crippen molar-refractivity contribution in [1.82, 2.24) is 4.90 Å². The molecule has 1 unspecified atom stereocenters. The zero-order valence-electron chi connectivity index (χ0n) is 11.9. The number of nitrogens with two attached hydrogens (primary N) is 1. The highest BCUT2D eigenvalue weighted by Crippen LogP contribution is 2.21. The molecule has 1 aliphatic rings. The Morgan fingerprint density at radius 2 is 2.14 bits per heavy atom. The van der Waals surface area contributed by atoms with E-state index >= 15 is 0 Å². The monoisotopic (exact) mass is 306 g/mol. The summed E-state index contributed by atoms with van der Waals surface area (Å²) in [4.78, 5) is 26.3. The number of thiocarbonyl (C=S) groups is 1. The molecule has 0 aliphatic carbocycles. The zero-order chi connectivity index (χ0) is 15.4. The Kier molecular flexibility index (Phi) is 4.90. The quantitative estimate of drug-likeness (QED) is 0.674. The lowest BCUT2D eigenvalue weighted by molar-refractivity contribution is -0.147. The van der Waals surface area contributed by atoms with Crippen LogP contribution in [0.5, 0.6) is 0 Å². The fraction of sp³-hybridized carbons (Fsp3) is 0.400. The topological polar surface area (TPSA) is 72.6 Å². The van der Waals surface area contributed by atoms with E-state index in [0.717, 1.165) is 6.42 Å². The van der Waals surface area contributed by atoms with Crippen LogP contribution in [0.25, 0.3) is 0 Å². The van der Waals surface area contributed by atoms with Crippen molar-refractivity contribution in [3.63, 3.8) is 0 Å². The zero-order valence-corrected chi connectivity index (χ0v) is 12.7. The molecule has 6 heteroatoms. The molecule has 2 N–H and O–H groups in total. The smallest absolute Gasteiger partial charge is 0.328 e. The van der Waals surface area contributed by atoms with Crippen LogP contribution < -0.4 is 5.73 Å². The SMILES string of the molecule is CCOC(=O)C1CCCN1C(=O)c1cccc(C(N)=S)c1. The van der Waals surface area contributed by atoms with Gasteiger partial charge in [0, 0.05) is 17.7 Å². The summed E-state index contributed by atoms with van der Waals surface area (Å²) < 4.78 is 5.03. The number of likely N-dealkylation sites (tertiary alicyclic amines) is 1. The van der Waals surface area contributed by atoms with Gasteiger partial charge in [-0.05, 0) is 31.9 Å². The van der Waals surface area contributed by atoms with Crippen LogP contribution >= 0.6 is 12.2 Å². The molecular formula is C15H18N2O3S. The maximum Gasteiger partial charge on any atom is 0.328 e. The third kappa shape index (κ3) is 3.39. The van der Waals surface area contributed by atoms with E-state index in [-0.39, 0.29) is 16.9 Å². The molecule has 1 aliphatic heterocycles. The summed E-state index contributed by atoms with van der Waals surface area (Å²) in [7, 11) is 0. The standard InChI is InChI=1S/C15H18N2O3S/c1-2-20-15(19)12-7-4-8-17(12)14(18)11-6-3-5-10(9-11)13(16)21/h3,5-6,9,12H,2,4,7-8H2,1H3,(H2,16,21). The van der Waals surface area contributed by atoms with Crippen LogP contribution in [0.1, 0.15) is 35.7 Å². The predicted octanol–water partition coefficient (Wildman–Crippen LogP) is 1.49. The highest BCUT2D eigenvalue weighted by Gasteiger charge is 2.35. The third-order valence-corrected chi connectivity index (χ3v) is 3.70. The molecule has 1 atom stereocenters. The van der Waals surface area contributed by atoms with Gasteiger partial charge in [-0.1, -0.05) is 24.4 Å². The van der Waals surface area contributed by atoms with Crippen LogP contribution in [0, 0.1) is 0 Å². The minimum Gasteiger partial charge on any atom is -0.464 e. The number of benzene rings is 1. The van der Waals surface area contributed by atoms with Gasteiger partial charge in [0.1, 0.15) is 11.0 Å². The van der Waals surface area contributed by atoms with E-state index in [2.05, 4.69) is 0 Å². The lowest BCUT2D eigenvalue weighted by atomic mass is 10.1. The van der Waals surface area contributed by atoms with Crippen molar-refractivity contribution >= 4 is 29.1 Å². The minimum atomic E-state index is -0.495. The molecule has 1 amide bonds. The first-order valence-electron chi connectivity index (χ1n) is 6.92. The lowest BCUT2D eigenvalue weighted by Crippen LogP contribution is -2.41. The van der Waals surface area contributed by atoms with Crippen molar-refractivity contribution in [2.24, 2.45) is 5.73 Å². The van der Waals surface area contributed by atoms with E-state index in [1.165, 1.54) is 0 Å². The average molecular weight is 306 g/mol. The number of hydrogen-bond acceptors (Lipinski definition) is 4. The van der Waals surface area contributed by atoms with E-state index in [4.69, 9.17) is 22.7 Å². The van der Waals surface area contributed by atoms with E-state index < -0.39 is 6.04 Å². The molecule has 0 spiro atoms. The molecule has 0 radical (unpaired) electrons. The second-order valence-corrected chi connectivity index (χ2v) is 5.29. The Balaban J connectivity index is 2.20. The summed E-state index contributed by atoms with van der Waals surface area (Å²) >= 11 is 4.92. The molecule has 1 heterocycles. The number of amides is 1. The van der Waals surface area contributed by atoms with Gasteiger partial charge in [0.05, 0.1) is 6.61 Å². The van der Waals surface area contributed by atoms with Crippen LogP contribution in [0.4, 0.5) is 0 Å². The molecule has 1 fully saturated rings. The molecule has 1 aromatic carbocycles. The highest BCUT2D eigenvalue weighted by molar-refractivity contribution is 7.80. The lowest BCUT2D eigenvalue weighted by Gasteiger charge is -2.23. The molecule has 0 aromatic heterocycles. The van der Waals surface area contributed by atoms with Crippen molar-refractivity contribution in [2.45, 2.75) is 25.8 Å². The van der Waals surface area contributed by atoms with Gasteiger partial charge in [-0.2, -0.15) is 0 Å². The number of rotatable bonds is 4. The van der Waals surface area contributed by atoms with Crippen LogP contribution in [0.3, 0.4) is 0 Å². The van der Waals surface area contributed by atoms with Crippen LogP contribution in [-0.2, 0) is 9.53 Å². The van der Waals surface area contributed by atoms with Gasteiger partial charge in [-0.15, -0.1) is 0 Å². The van der Waals surface area contributed by atoms with Crippen molar-refractivity contribution in [2.75, 3.05) is 13.2 Å². The summed E-state index contributed by atoms with van der Waals surface area (Å²) in [6.07, 6.45) is 1.43. The molecule has 112 valence electrons. The van der Waals surface area contributed by atoms with E-state index in [0.29, 0.717) is 30.7 Å². The van der Waals surface area contributed by atoms with Crippen LogP contribution in [0.2, 0.25) is 0 Å². The Morgan fingerprint density at radius 1 is 1.43 bits per heavy atom. The summed E-state index contributed by atoms with van der Waals surface area (Å²) in [5.41, 5.74) is 6.71. The number of hydrogen-bond donors (Lipinski definition) is 1. The Bertz CT molecular complexity index is 574. The van der Waals surface area contributed by atoms with Gasteiger partial charge in [-0.25, -0.2) is 4.79 Å². The van der Waals surface area contributed by atoms with Gasteiger partial charge >= 0.3 is 5.97 Å².